The third-order valence-corrected chi connectivity index (χ3v) is 4.85. The molecule has 3 aliphatic rings. The summed E-state index contributed by atoms with van der Waals surface area (Å²) in [7, 11) is 0. The average Bonchev–Trinajstić information content (AvgIpc) is 2.61. The van der Waals surface area contributed by atoms with Gasteiger partial charge in [-0.05, 0) is 24.7 Å². The smallest absolute Gasteiger partial charge is 0.352 e. The topological polar surface area (TPSA) is 57.6 Å². The summed E-state index contributed by atoms with van der Waals surface area (Å²) < 4.78 is 0. The Labute approximate surface area is 103 Å². The predicted molar refractivity (Wildman–Crippen MR) is 64.5 cm³/mol. The number of amides is 1. The van der Waals surface area contributed by atoms with E-state index in [1.165, 1.54) is 4.90 Å². The number of hydrogen-bond acceptors (Lipinski definition) is 3. The van der Waals surface area contributed by atoms with Crippen molar-refractivity contribution >= 4 is 23.6 Å². The van der Waals surface area contributed by atoms with Crippen molar-refractivity contribution in [2.75, 3.05) is 11.5 Å². The molecule has 17 heavy (non-hydrogen) atoms. The summed E-state index contributed by atoms with van der Waals surface area (Å²) in [4.78, 5) is 24.7. The molecule has 2 saturated heterocycles. The van der Waals surface area contributed by atoms with Crippen LogP contribution < -0.4 is 0 Å². The fourth-order valence-electron chi connectivity index (χ4n) is 3.05. The third-order valence-electron chi connectivity index (χ3n) is 3.76. The SMILES string of the molecule is CC=C1C(=O)N2C(C(=O)O)=C3CCSC[C@@H]3[C@H]12. The molecule has 1 amide bonds. The van der Waals surface area contributed by atoms with Gasteiger partial charge in [-0.15, -0.1) is 0 Å². The number of carbonyl (C=O) groups excluding carboxylic acids is 1. The van der Waals surface area contributed by atoms with E-state index in [0.717, 1.165) is 29.1 Å². The monoisotopic (exact) mass is 251 g/mol. The Morgan fingerprint density at radius 3 is 3.00 bits per heavy atom. The normalized spacial score (nSPS) is 33.6. The molecule has 0 bridgehead atoms. The molecule has 3 aliphatic heterocycles. The molecule has 5 heteroatoms. The Morgan fingerprint density at radius 1 is 1.59 bits per heavy atom. The molecule has 4 nitrogen and oxygen atoms in total. The third kappa shape index (κ3) is 1.26. The minimum absolute atomic E-state index is 0.00130. The second-order valence-electron chi connectivity index (χ2n) is 4.47. The van der Waals surface area contributed by atoms with E-state index in [1.807, 2.05) is 24.8 Å². The number of rotatable bonds is 1. The number of carboxylic acid groups (broad SMARTS) is 1. The lowest BCUT2D eigenvalue weighted by molar-refractivity contribution is -0.142. The summed E-state index contributed by atoms with van der Waals surface area (Å²) >= 11 is 1.85. The molecule has 90 valence electrons. The molecule has 3 rings (SSSR count). The highest BCUT2D eigenvalue weighted by molar-refractivity contribution is 7.99. The number of thioether (sulfide) groups is 1. The van der Waals surface area contributed by atoms with Crippen LogP contribution in [0.5, 0.6) is 0 Å². The van der Waals surface area contributed by atoms with E-state index in [4.69, 9.17) is 0 Å². The van der Waals surface area contributed by atoms with Gasteiger partial charge in [0.2, 0.25) is 0 Å². The van der Waals surface area contributed by atoms with Gasteiger partial charge >= 0.3 is 5.97 Å². The van der Waals surface area contributed by atoms with Crippen LogP contribution in [0.25, 0.3) is 0 Å². The molecule has 0 radical (unpaired) electrons. The van der Waals surface area contributed by atoms with E-state index < -0.39 is 5.97 Å². The number of hydrogen-bond donors (Lipinski definition) is 1. The first-order valence-corrected chi connectivity index (χ1v) is 6.86. The van der Waals surface area contributed by atoms with E-state index in [2.05, 4.69) is 0 Å². The summed E-state index contributed by atoms with van der Waals surface area (Å²) in [6.07, 6.45) is 2.62. The molecule has 2 atom stereocenters. The van der Waals surface area contributed by atoms with Gasteiger partial charge in [0.1, 0.15) is 5.70 Å². The van der Waals surface area contributed by atoms with E-state index in [0.29, 0.717) is 0 Å². The quantitative estimate of drug-likeness (QED) is 0.563. The van der Waals surface area contributed by atoms with Gasteiger partial charge in [0.15, 0.2) is 0 Å². The van der Waals surface area contributed by atoms with Crippen LogP contribution in [0, 0.1) is 5.92 Å². The first-order valence-electron chi connectivity index (χ1n) is 5.70. The molecule has 0 saturated carbocycles. The maximum absolute atomic E-state index is 11.9. The zero-order chi connectivity index (χ0) is 12.2. The highest BCUT2D eigenvalue weighted by Crippen LogP contribution is 2.49. The lowest BCUT2D eigenvalue weighted by Gasteiger charge is -2.41. The Bertz CT molecular complexity index is 480. The van der Waals surface area contributed by atoms with Crippen molar-refractivity contribution in [1.29, 1.82) is 0 Å². The van der Waals surface area contributed by atoms with Crippen LogP contribution in [0.15, 0.2) is 22.9 Å². The standard InChI is InChI=1S/C12H13NO3S/c1-2-6-9-8-5-17-4-3-7(8)10(12(15)16)13(9)11(6)14/h2,8-9H,3-5H2,1H3,(H,15,16)/t8-,9-/m0/s1. The van der Waals surface area contributed by atoms with Crippen LogP contribution in [-0.4, -0.2) is 39.4 Å². The molecule has 0 aromatic heterocycles. The second kappa shape index (κ2) is 3.63. The van der Waals surface area contributed by atoms with Gasteiger partial charge in [-0.3, -0.25) is 9.69 Å². The van der Waals surface area contributed by atoms with Crippen molar-refractivity contribution in [3.05, 3.63) is 22.9 Å². The van der Waals surface area contributed by atoms with Gasteiger partial charge in [0.05, 0.1) is 6.04 Å². The van der Waals surface area contributed by atoms with Crippen molar-refractivity contribution in [1.82, 2.24) is 4.90 Å². The summed E-state index contributed by atoms with van der Waals surface area (Å²) in [5.41, 5.74) is 2.02. The highest BCUT2D eigenvalue weighted by atomic mass is 32.2. The zero-order valence-corrected chi connectivity index (χ0v) is 10.3. The number of β-lactam (4-membered cyclic amide) rings is 1. The molecule has 3 heterocycles. The Hall–Kier alpha value is -1.23. The van der Waals surface area contributed by atoms with Crippen LogP contribution in [0.2, 0.25) is 0 Å². The number of carboxylic acids is 1. The maximum Gasteiger partial charge on any atom is 0.352 e. The average molecular weight is 251 g/mol. The van der Waals surface area contributed by atoms with Crippen molar-refractivity contribution in [3.8, 4) is 0 Å². The minimum atomic E-state index is -0.956. The molecule has 0 aliphatic carbocycles. The van der Waals surface area contributed by atoms with Gasteiger partial charge in [-0.1, -0.05) is 6.08 Å². The summed E-state index contributed by atoms with van der Waals surface area (Å²) in [5.74, 6) is 1.04. The predicted octanol–water partition coefficient (Wildman–Crippen LogP) is 1.25. The van der Waals surface area contributed by atoms with Crippen molar-refractivity contribution in [3.63, 3.8) is 0 Å². The van der Waals surface area contributed by atoms with Crippen LogP contribution in [0.1, 0.15) is 13.3 Å². The first kappa shape index (κ1) is 10.9. The lowest BCUT2D eigenvalue weighted by atomic mass is 9.84. The first-order chi connectivity index (χ1) is 8.16. The van der Waals surface area contributed by atoms with Gasteiger partial charge in [-0.25, -0.2) is 4.79 Å². The van der Waals surface area contributed by atoms with E-state index >= 15 is 0 Å². The largest absolute Gasteiger partial charge is 0.477 e. The highest BCUT2D eigenvalue weighted by Gasteiger charge is 2.56. The van der Waals surface area contributed by atoms with Crippen LogP contribution >= 0.6 is 11.8 Å². The number of allylic oxidation sites excluding steroid dienone is 1. The Kier molecular flexibility index (Phi) is 2.33. The lowest BCUT2D eigenvalue weighted by Crippen LogP contribution is -2.55. The molecule has 1 N–H and O–H groups in total. The van der Waals surface area contributed by atoms with Gasteiger partial charge in [0.25, 0.3) is 5.91 Å². The number of carbonyl (C=O) groups is 2. The molecular formula is C12H13NO3S. The van der Waals surface area contributed by atoms with E-state index in [-0.39, 0.29) is 23.6 Å². The van der Waals surface area contributed by atoms with Gasteiger partial charge in [-0.2, -0.15) is 11.8 Å². The van der Waals surface area contributed by atoms with Crippen molar-refractivity contribution < 1.29 is 14.7 Å². The van der Waals surface area contributed by atoms with Crippen molar-refractivity contribution in [2.24, 2.45) is 5.92 Å². The Balaban J connectivity index is 2.07. The summed E-state index contributed by atoms with van der Waals surface area (Å²) in [6.45, 7) is 1.85. The van der Waals surface area contributed by atoms with E-state index in [1.54, 1.807) is 0 Å². The molecule has 0 aromatic carbocycles. The summed E-state index contributed by atoms with van der Waals surface area (Å²) in [6, 6.07) is 0.00130. The molecule has 0 unspecified atom stereocenters. The molecule has 0 spiro atoms. The fraction of sp³-hybridized carbons (Fsp3) is 0.500. The number of nitrogens with zero attached hydrogens (tertiary/aromatic N) is 1. The van der Waals surface area contributed by atoms with Crippen LogP contribution in [0.3, 0.4) is 0 Å². The molecular weight excluding hydrogens is 238 g/mol. The fourth-order valence-corrected chi connectivity index (χ4v) is 4.21. The van der Waals surface area contributed by atoms with Crippen molar-refractivity contribution in [2.45, 2.75) is 19.4 Å². The van der Waals surface area contributed by atoms with Gasteiger partial charge in [0, 0.05) is 17.2 Å². The maximum atomic E-state index is 11.9. The number of aliphatic carboxylic acids is 1. The minimum Gasteiger partial charge on any atom is -0.477 e. The second-order valence-corrected chi connectivity index (χ2v) is 5.62. The van der Waals surface area contributed by atoms with E-state index in [9.17, 15) is 14.7 Å². The van der Waals surface area contributed by atoms with Crippen LogP contribution in [-0.2, 0) is 9.59 Å². The van der Waals surface area contributed by atoms with Crippen LogP contribution in [0.4, 0.5) is 0 Å². The molecule has 0 aromatic rings. The Morgan fingerprint density at radius 2 is 2.35 bits per heavy atom. The summed E-state index contributed by atoms with van der Waals surface area (Å²) in [5, 5.41) is 9.27. The number of fused-ring (bicyclic) bond motifs is 3. The zero-order valence-electron chi connectivity index (χ0n) is 9.47. The van der Waals surface area contributed by atoms with Gasteiger partial charge < -0.3 is 5.11 Å². The molecule has 2 fully saturated rings.